The maximum Gasteiger partial charge on any atom is 0.267 e. The summed E-state index contributed by atoms with van der Waals surface area (Å²) in [5.74, 6) is 0.349. The first kappa shape index (κ1) is 27.7. The summed E-state index contributed by atoms with van der Waals surface area (Å²) < 4.78 is 1.99. The van der Waals surface area contributed by atoms with E-state index in [-0.39, 0.29) is 18.0 Å². The van der Waals surface area contributed by atoms with E-state index in [0.29, 0.717) is 31.3 Å². The normalized spacial score (nSPS) is 17.3. The Kier molecular flexibility index (Phi) is 7.94. The Morgan fingerprint density at radius 2 is 1.68 bits per heavy atom. The quantitative estimate of drug-likeness (QED) is 0.217. The van der Waals surface area contributed by atoms with E-state index >= 15 is 0 Å². The second-order valence-electron chi connectivity index (χ2n) is 10.2. The van der Waals surface area contributed by atoms with Crippen molar-refractivity contribution in [1.82, 2.24) is 19.2 Å². The van der Waals surface area contributed by atoms with Crippen LogP contribution >= 0.6 is 35.6 Å². The van der Waals surface area contributed by atoms with Gasteiger partial charge in [0, 0.05) is 43.9 Å². The van der Waals surface area contributed by atoms with Crippen molar-refractivity contribution in [2.24, 2.45) is 0 Å². The van der Waals surface area contributed by atoms with E-state index in [1.165, 1.54) is 22.2 Å². The van der Waals surface area contributed by atoms with Crippen LogP contribution in [0, 0.1) is 6.92 Å². The number of carbonyl (C=O) groups excluding carboxylic acids is 1. The van der Waals surface area contributed by atoms with Crippen LogP contribution in [0.25, 0.3) is 11.7 Å². The number of thiocarbonyl (C=S) groups is 1. The number of hydrogen-bond acceptors (Lipinski definition) is 7. The Morgan fingerprint density at radius 1 is 0.951 bits per heavy atom. The Balaban J connectivity index is 1.32. The van der Waals surface area contributed by atoms with Crippen molar-refractivity contribution < 1.29 is 4.79 Å². The number of rotatable bonds is 6. The Morgan fingerprint density at radius 3 is 2.44 bits per heavy atom. The first-order valence-corrected chi connectivity index (χ1v) is 15.0. The van der Waals surface area contributed by atoms with Gasteiger partial charge in [0.1, 0.15) is 15.8 Å². The number of carbonyl (C=O) groups is 1. The molecule has 0 spiro atoms. The molecule has 41 heavy (non-hydrogen) atoms. The van der Waals surface area contributed by atoms with Gasteiger partial charge in [-0.05, 0) is 41.8 Å². The smallest absolute Gasteiger partial charge is 0.267 e. The first-order valence-electron chi connectivity index (χ1n) is 13.4. The number of pyridine rings is 1. The maximum absolute atomic E-state index is 13.9. The van der Waals surface area contributed by atoms with Crippen LogP contribution < -0.4 is 10.5 Å². The van der Waals surface area contributed by atoms with E-state index in [2.05, 4.69) is 34.1 Å². The zero-order chi connectivity index (χ0) is 28.5. The van der Waals surface area contributed by atoms with E-state index in [9.17, 15) is 9.59 Å². The monoisotopic (exact) mass is 601 g/mol. The summed E-state index contributed by atoms with van der Waals surface area (Å²) >= 11 is 13.1. The molecule has 2 aliphatic rings. The second-order valence-corrected chi connectivity index (χ2v) is 12.3. The number of anilines is 1. The topological polar surface area (TPSA) is 61.2 Å². The minimum Gasteiger partial charge on any atom is -0.353 e. The minimum absolute atomic E-state index is 0.211. The van der Waals surface area contributed by atoms with Crippen molar-refractivity contribution in [3.05, 3.63) is 115 Å². The zero-order valence-electron chi connectivity index (χ0n) is 22.5. The van der Waals surface area contributed by atoms with E-state index in [1.54, 1.807) is 22.7 Å². The molecule has 0 N–H and O–H groups in total. The van der Waals surface area contributed by atoms with Crippen molar-refractivity contribution in [2.75, 3.05) is 31.1 Å². The summed E-state index contributed by atoms with van der Waals surface area (Å²) in [4.78, 5) is 38.9. The summed E-state index contributed by atoms with van der Waals surface area (Å²) in [7, 11) is 0. The number of thioether (sulfide) groups is 1. The van der Waals surface area contributed by atoms with Gasteiger partial charge in [0.2, 0.25) is 0 Å². The minimum atomic E-state index is -0.243. The van der Waals surface area contributed by atoms with Gasteiger partial charge in [-0.1, -0.05) is 90.2 Å². The van der Waals surface area contributed by atoms with E-state index < -0.39 is 0 Å². The molecule has 0 atom stereocenters. The molecule has 208 valence electrons. The van der Waals surface area contributed by atoms with Crippen molar-refractivity contribution in [3.63, 3.8) is 0 Å². The number of hydrogen-bond donors (Lipinski definition) is 0. The van der Waals surface area contributed by atoms with E-state index in [1.807, 2.05) is 43.3 Å². The van der Waals surface area contributed by atoms with Crippen LogP contribution in [-0.4, -0.2) is 55.6 Å². The van der Waals surface area contributed by atoms with Crippen LogP contribution in [0.2, 0.25) is 5.02 Å². The molecule has 0 saturated carbocycles. The number of fused-ring (bicyclic) bond motifs is 1. The van der Waals surface area contributed by atoms with Crippen molar-refractivity contribution in [1.29, 1.82) is 0 Å². The number of aromatic nitrogens is 2. The molecule has 2 aromatic heterocycles. The third-order valence-electron chi connectivity index (χ3n) is 7.34. The van der Waals surface area contributed by atoms with Crippen LogP contribution in [0.1, 0.15) is 22.3 Å². The Hall–Kier alpha value is -3.50. The highest BCUT2D eigenvalue weighted by Crippen LogP contribution is 2.35. The van der Waals surface area contributed by atoms with Gasteiger partial charge in [-0.15, -0.1) is 0 Å². The van der Waals surface area contributed by atoms with Crippen LogP contribution in [0.5, 0.6) is 0 Å². The lowest BCUT2D eigenvalue weighted by atomic mass is 10.1. The third-order valence-corrected chi connectivity index (χ3v) is 9.09. The number of nitrogens with zero attached hydrogens (tertiary/aromatic N) is 5. The zero-order valence-corrected chi connectivity index (χ0v) is 24.9. The van der Waals surface area contributed by atoms with Gasteiger partial charge in [-0.3, -0.25) is 23.8 Å². The Labute approximate surface area is 253 Å². The first-order chi connectivity index (χ1) is 19.9. The second kappa shape index (κ2) is 11.8. The molecule has 7 nitrogen and oxygen atoms in total. The molecular weight excluding hydrogens is 574 g/mol. The van der Waals surface area contributed by atoms with Crippen molar-refractivity contribution >= 4 is 63.3 Å². The van der Waals surface area contributed by atoms with Gasteiger partial charge in [0.15, 0.2) is 0 Å². The lowest BCUT2D eigenvalue weighted by Crippen LogP contribution is -2.47. The molecule has 0 bridgehead atoms. The SMILES string of the molecule is Cc1ccc2nc(N3CCN(Cc4ccccc4)CC3)c(/C=C3/SC(=S)N(Cc4ccccc4Cl)C3=O)c(=O)n2c1. The molecule has 10 heteroatoms. The maximum atomic E-state index is 13.9. The van der Waals surface area contributed by atoms with Gasteiger partial charge in [-0.25, -0.2) is 4.98 Å². The van der Waals surface area contributed by atoms with E-state index in [0.717, 1.165) is 43.9 Å². The molecular formula is C31H28ClN5O2S2. The number of benzene rings is 2. The highest BCUT2D eigenvalue weighted by atomic mass is 35.5. The fourth-order valence-electron chi connectivity index (χ4n) is 5.14. The van der Waals surface area contributed by atoms with Gasteiger partial charge < -0.3 is 4.90 Å². The molecule has 4 heterocycles. The Bertz CT molecular complexity index is 1730. The predicted octanol–water partition coefficient (Wildman–Crippen LogP) is 5.38. The number of aryl methyl sites for hydroxylation is 1. The third kappa shape index (κ3) is 5.81. The lowest BCUT2D eigenvalue weighted by Gasteiger charge is -2.36. The van der Waals surface area contributed by atoms with Crippen molar-refractivity contribution in [2.45, 2.75) is 20.0 Å². The van der Waals surface area contributed by atoms with Gasteiger partial charge in [0.05, 0.1) is 17.0 Å². The highest BCUT2D eigenvalue weighted by Gasteiger charge is 2.33. The average Bonchev–Trinajstić information content (AvgIpc) is 3.24. The summed E-state index contributed by atoms with van der Waals surface area (Å²) in [5.41, 5.74) is 3.78. The molecule has 0 aliphatic carbocycles. The lowest BCUT2D eigenvalue weighted by molar-refractivity contribution is -0.122. The van der Waals surface area contributed by atoms with Crippen LogP contribution in [0.3, 0.4) is 0 Å². The molecule has 6 rings (SSSR count). The molecule has 2 aromatic carbocycles. The van der Waals surface area contributed by atoms with Gasteiger partial charge in [0.25, 0.3) is 11.5 Å². The predicted molar refractivity (Wildman–Crippen MR) is 170 cm³/mol. The molecule has 4 aromatic rings. The van der Waals surface area contributed by atoms with Crippen LogP contribution in [0.4, 0.5) is 5.82 Å². The molecule has 1 amide bonds. The average molecular weight is 602 g/mol. The molecule has 2 aliphatic heterocycles. The van der Waals surface area contributed by atoms with Gasteiger partial charge >= 0.3 is 0 Å². The summed E-state index contributed by atoms with van der Waals surface area (Å²) in [6, 6.07) is 21.6. The molecule has 0 unspecified atom stereocenters. The summed E-state index contributed by atoms with van der Waals surface area (Å²) in [5, 5.41) is 0.576. The fourth-order valence-corrected chi connectivity index (χ4v) is 6.57. The van der Waals surface area contributed by atoms with Crippen LogP contribution in [0.15, 0.2) is 82.6 Å². The molecule has 2 saturated heterocycles. The number of piperazine rings is 1. The highest BCUT2D eigenvalue weighted by molar-refractivity contribution is 8.26. The largest absolute Gasteiger partial charge is 0.353 e. The van der Waals surface area contributed by atoms with Crippen molar-refractivity contribution in [3.8, 4) is 0 Å². The fraction of sp³-hybridized carbons (Fsp3) is 0.226. The number of amides is 1. The summed E-state index contributed by atoms with van der Waals surface area (Å²) in [6.07, 6.45) is 3.45. The molecule has 2 fully saturated rings. The van der Waals surface area contributed by atoms with Crippen LogP contribution in [-0.2, 0) is 17.9 Å². The summed E-state index contributed by atoms with van der Waals surface area (Å²) in [6.45, 7) is 6.19. The van der Waals surface area contributed by atoms with E-state index in [4.69, 9.17) is 28.8 Å². The molecule has 0 radical (unpaired) electrons. The number of halogens is 1. The standard InChI is InChI=1S/C31H28ClN5O2S2/c1-21-11-12-27-33-28(35-15-13-34(14-16-35)19-22-7-3-2-4-8-22)24(29(38)36(27)18-21)17-26-30(39)37(31(40)41-26)20-23-9-5-6-10-25(23)32/h2-12,17-18H,13-16,19-20H2,1H3/b26-17+. The van der Waals surface area contributed by atoms with Gasteiger partial charge in [-0.2, -0.15) is 0 Å².